The Balaban J connectivity index is 2.33. The fraction of sp³-hybridized carbons (Fsp3) is 0.533. The maximum atomic E-state index is 12.9. The van der Waals surface area contributed by atoms with Crippen LogP contribution in [0.3, 0.4) is 0 Å². The molecule has 1 fully saturated rings. The number of nitrogens with zero attached hydrogens (tertiary/aromatic N) is 1. The van der Waals surface area contributed by atoms with Gasteiger partial charge in [0.1, 0.15) is 0 Å². The van der Waals surface area contributed by atoms with Crippen molar-refractivity contribution in [1.82, 2.24) is 0 Å². The summed E-state index contributed by atoms with van der Waals surface area (Å²) in [5.41, 5.74) is 0.144. The number of piperazine rings is 1. The molecule has 0 aromatic heterocycles. The molecule has 0 unspecified atom stereocenters. The molecule has 0 atom stereocenters. The van der Waals surface area contributed by atoms with Crippen LogP contribution in [0.2, 0.25) is 0 Å². The molecular formula is C15H21F3N3O+. The van der Waals surface area contributed by atoms with E-state index in [1.54, 1.807) is 6.92 Å². The molecule has 7 heteroatoms. The van der Waals surface area contributed by atoms with Crippen LogP contribution >= 0.6 is 0 Å². The van der Waals surface area contributed by atoms with Gasteiger partial charge in [-0.15, -0.1) is 0 Å². The van der Waals surface area contributed by atoms with E-state index in [9.17, 15) is 18.0 Å². The summed E-state index contributed by atoms with van der Waals surface area (Å²) in [4.78, 5) is 15.0. The lowest BCUT2D eigenvalue weighted by atomic mass is 10.1. The van der Waals surface area contributed by atoms with Crippen molar-refractivity contribution in [2.24, 2.45) is 0 Å². The van der Waals surface area contributed by atoms with Crippen molar-refractivity contribution in [3.8, 4) is 0 Å². The molecule has 1 aromatic rings. The number of carbonyl (C=O) groups is 1. The van der Waals surface area contributed by atoms with Crippen molar-refractivity contribution in [1.29, 1.82) is 0 Å². The number of likely N-dealkylation sites (N-methyl/N-ethyl adjacent to an activating group) is 1. The average Bonchev–Trinajstić information content (AvgIpc) is 2.47. The number of halogens is 3. The van der Waals surface area contributed by atoms with E-state index in [-0.39, 0.29) is 18.0 Å². The van der Waals surface area contributed by atoms with Crippen molar-refractivity contribution in [2.45, 2.75) is 19.5 Å². The quantitative estimate of drug-likeness (QED) is 0.884. The topological polar surface area (TPSA) is 36.8 Å². The lowest BCUT2D eigenvalue weighted by Gasteiger charge is -2.33. The Kier molecular flexibility index (Phi) is 4.95. The molecule has 1 aliphatic heterocycles. The summed E-state index contributed by atoms with van der Waals surface area (Å²) in [5.74, 6) is -0.291. The van der Waals surface area contributed by atoms with Gasteiger partial charge in [0.2, 0.25) is 5.91 Å². The fourth-order valence-electron chi connectivity index (χ4n) is 2.46. The first-order chi connectivity index (χ1) is 10.3. The summed E-state index contributed by atoms with van der Waals surface area (Å²) < 4.78 is 38.6. The van der Waals surface area contributed by atoms with Gasteiger partial charge >= 0.3 is 6.18 Å². The van der Waals surface area contributed by atoms with Gasteiger partial charge in [0, 0.05) is 6.42 Å². The number of carbonyl (C=O) groups excluding carboxylic acids is 1. The van der Waals surface area contributed by atoms with Crippen molar-refractivity contribution in [3.05, 3.63) is 23.8 Å². The molecule has 0 aliphatic carbocycles. The smallest absolute Gasteiger partial charge is 0.359 e. The molecule has 22 heavy (non-hydrogen) atoms. The molecule has 0 radical (unpaired) electrons. The molecular weight excluding hydrogens is 295 g/mol. The van der Waals surface area contributed by atoms with Gasteiger partial charge in [0.05, 0.1) is 50.2 Å². The van der Waals surface area contributed by atoms with E-state index in [4.69, 9.17) is 0 Å². The predicted molar refractivity (Wildman–Crippen MR) is 79.2 cm³/mol. The zero-order valence-corrected chi connectivity index (χ0v) is 12.8. The highest BCUT2D eigenvalue weighted by atomic mass is 19.4. The highest BCUT2D eigenvalue weighted by Gasteiger charge is 2.32. The zero-order chi connectivity index (χ0) is 16.3. The van der Waals surface area contributed by atoms with Gasteiger partial charge in [0.15, 0.2) is 0 Å². The summed E-state index contributed by atoms with van der Waals surface area (Å²) in [7, 11) is 2.09. The average molecular weight is 316 g/mol. The normalized spacial score (nSPS) is 16.7. The van der Waals surface area contributed by atoms with E-state index in [2.05, 4.69) is 12.4 Å². The third-order valence-corrected chi connectivity index (χ3v) is 3.88. The van der Waals surface area contributed by atoms with Gasteiger partial charge in [-0.3, -0.25) is 4.79 Å². The standard InChI is InChI=1S/C15H20F3N3O/c1-3-14(22)19-12-10-11(15(16,17)18)4-5-13(12)21-8-6-20(2)7-9-21/h4-5,10H,3,6-9H2,1-2H3,(H,19,22)/p+1. The summed E-state index contributed by atoms with van der Waals surface area (Å²) in [6, 6.07) is 3.55. The van der Waals surface area contributed by atoms with Crippen LogP contribution in [0.15, 0.2) is 18.2 Å². The van der Waals surface area contributed by atoms with Crippen LogP contribution in [0.25, 0.3) is 0 Å². The number of anilines is 2. The Bertz CT molecular complexity index is 537. The number of nitrogens with one attached hydrogen (secondary N) is 2. The third kappa shape index (κ3) is 3.91. The molecule has 0 bridgehead atoms. The number of quaternary nitrogens is 1. The van der Waals surface area contributed by atoms with Gasteiger partial charge in [0.25, 0.3) is 0 Å². The highest BCUT2D eigenvalue weighted by molar-refractivity contribution is 5.94. The van der Waals surface area contributed by atoms with Gasteiger partial charge in [-0.05, 0) is 18.2 Å². The van der Waals surface area contributed by atoms with Crippen LogP contribution in [0, 0.1) is 0 Å². The Morgan fingerprint density at radius 2 is 1.95 bits per heavy atom. The molecule has 2 N–H and O–H groups in total. The maximum Gasteiger partial charge on any atom is 0.416 e. The van der Waals surface area contributed by atoms with Gasteiger partial charge in [-0.1, -0.05) is 6.92 Å². The van der Waals surface area contributed by atoms with Crippen molar-refractivity contribution >= 4 is 17.3 Å². The molecule has 1 aromatic carbocycles. The number of hydrogen-bond donors (Lipinski definition) is 2. The number of rotatable bonds is 3. The molecule has 1 saturated heterocycles. The lowest BCUT2D eigenvalue weighted by Crippen LogP contribution is -3.12. The lowest BCUT2D eigenvalue weighted by molar-refractivity contribution is -0.880. The van der Waals surface area contributed by atoms with E-state index in [1.165, 1.54) is 11.0 Å². The van der Waals surface area contributed by atoms with E-state index < -0.39 is 11.7 Å². The van der Waals surface area contributed by atoms with Crippen LogP contribution < -0.4 is 15.1 Å². The van der Waals surface area contributed by atoms with Crippen molar-refractivity contribution < 1.29 is 22.9 Å². The number of alkyl halides is 3. The maximum absolute atomic E-state index is 12.9. The minimum Gasteiger partial charge on any atom is -0.359 e. The Morgan fingerprint density at radius 1 is 1.32 bits per heavy atom. The van der Waals surface area contributed by atoms with E-state index in [0.29, 0.717) is 5.69 Å². The summed E-state index contributed by atoms with van der Waals surface area (Å²) in [5, 5.41) is 2.59. The zero-order valence-electron chi connectivity index (χ0n) is 12.8. The van der Waals surface area contributed by atoms with Crippen molar-refractivity contribution in [2.75, 3.05) is 43.4 Å². The molecule has 122 valence electrons. The van der Waals surface area contributed by atoms with E-state index >= 15 is 0 Å². The van der Waals surface area contributed by atoms with Crippen LogP contribution in [0.1, 0.15) is 18.9 Å². The summed E-state index contributed by atoms with van der Waals surface area (Å²) >= 11 is 0. The van der Waals surface area contributed by atoms with Gasteiger partial charge in [-0.2, -0.15) is 13.2 Å². The second-order valence-electron chi connectivity index (χ2n) is 5.58. The second kappa shape index (κ2) is 6.56. The van der Waals surface area contributed by atoms with Crippen LogP contribution in [-0.4, -0.2) is 39.1 Å². The van der Waals surface area contributed by atoms with Crippen LogP contribution in [0.5, 0.6) is 0 Å². The minimum atomic E-state index is -4.42. The number of amides is 1. The van der Waals surface area contributed by atoms with E-state index in [1.807, 2.05) is 4.90 Å². The molecule has 2 rings (SSSR count). The Morgan fingerprint density at radius 3 is 2.50 bits per heavy atom. The van der Waals surface area contributed by atoms with E-state index in [0.717, 1.165) is 38.3 Å². The SMILES string of the molecule is CCC(=O)Nc1cc(C(F)(F)F)ccc1N1CC[NH+](C)CC1. The molecule has 0 saturated carbocycles. The molecule has 0 spiro atoms. The van der Waals surface area contributed by atoms with Gasteiger partial charge in [-0.25, -0.2) is 0 Å². The minimum absolute atomic E-state index is 0.225. The molecule has 1 aliphatic rings. The largest absolute Gasteiger partial charge is 0.416 e. The van der Waals surface area contributed by atoms with Gasteiger partial charge < -0.3 is 15.1 Å². The first kappa shape index (κ1) is 16.6. The highest BCUT2D eigenvalue weighted by Crippen LogP contribution is 2.35. The summed E-state index contributed by atoms with van der Waals surface area (Å²) in [6.45, 7) is 5.02. The second-order valence-corrected chi connectivity index (χ2v) is 5.58. The fourth-order valence-corrected chi connectivity index (χ4v) is 2.46. The predicted octanol–water partition coefficient (Wildman–Crippen LogP) is 1.39. The van der Waals surface area contributed by atoms with Crippen LogP contribution in [-0.2, 0) is 11.0 Å². The number of benzene rings is 1. The first-order valence-corrected chi connectivity index (χ1v) is 7.38. The number of hydrogen-bond acceptors (Lipinski definition) is 2. The first-order valence-electron chi connectivity index (χ1n) is 7.38. The Labute approximate surface area is 127 Å². The molecule has 4 nitrogen and oxygen atoms in total. The molecule has 1 heterocycles. The summed E-state index contributed by atoms with van der Waals surface area (Å²) in [6.07, 6.45) is -4.20. The van der Waals surface area contributed by atoms with Crippen molar-refractivity contribution in [3.63, 3.8) is 0 Å². The Hall–Kier alpha value is -1.76. The monoisotopic (exact) mass is 316 g/mol. The third-order valence-electron chi connectivity index (χ3n) is 3.88. The molecule has 1 amide bonds. The van der Waals surface area contributed by atoms with Crippen LogP contribution in [0.4, 0.5) is 24.5 Å².